The molecule has 1 fully saturated rings. The van der Waals surface area contributed by atoms with Crippen molar-refractivity contribution in [1.82, 2.24) is 25.8 Å². The van der Waals surface area contributed by atoms with E-state index in [0.29, 0.717) is 6.54 Å². The topological polar surface area (TPSA) is 86.4 Å². The molecule has 2 unspecified atom stereocenters. The quantitative estimate of drug-likeness (QED) is 0.743. The van der Waals surface area contributed by atoms with Crippen LogP contribution in [-0.4, -0.2) is 54.0 Å². The Balaban J connectivity index is 2.06. The number of piperazine rings is 1. The highest BCUT2D eigenvalue weighted by molar-refractivity contribution is 5.96. The lowest BCUT2D eigenvalue weighted by atomic mass is 10.0. The highest BCUT2D eigenvalue weighted by Gasteiger charge is 2.31. The van der Waals surface area contributed by atoms with E-state index < -0.39 is 12.1 Å². The first-order chi connectivity index (χ1) is 10.6. The van der Waals surface area contributed by atoms with Crippen molar-refractivity contribution in [1.29, 1.82) is 0 Å². The fourth-order valence-electron chi connectivity index (χ4n) is 2.64. The van der Waals surface area contributed by atoms with Gasteiger partial charge in [0, 0.05) is 44.6 Å². The molecule has 1 aliphatic heterocycles. The zero-order valence-electron chi connectivity index (χ0n) is 13.0. The van der Waals surface area contributed by atoms with Crippen molar-refractivity contribution in [2.24, 2.45) is 0 Å². The summed E-state index contributed by atoms with van der Waals surface area (Å²) in [5.74, 6) is -0.290. The van der Waals surface area contributed by atoms with Gasteiger partial charge < -0.3 is 10.6 Å². The van der Waals surface area contributed by atoms with E-state index in [1.165, 1.54) is 0 Å². The summed E-state index contributed by atoms with van der Waals surface area (Å²) in [6, 6.07) is 3.12. The predicted octanol–water partition coefficient (Wildman–Crippen LogP) is 0.262. The van der Waals surface area contributed by atoms with Crippen LogP contribution in [0.3, 0.4) is 0 Å². The summed E-state index contributed by atoms with van der Waals surface area (Å²) in [6.45, 7) is 6.43. The lowest BCUT2D eigenvalue weighted by Crippen LogP contribution is -2.55. The molecule has 2 heterocycles. The van der Waals surface area contributed by atoms with E-state index in [9.17, 15) is 9.59 Å². The van der Waals surface area contributed by atoms with Gasteiger partial charge in [0.2, 0.25) is 5.91 Å². The van der Waals surface area contributed by atoms with Gasteiger partial charge in [0.15, 0.2) is 0 Å². The lowest BCUT2D eigenvalue weighted by Gasteiger charge is -2.39. The molecule has 2 atom stereocenters. The molecule has 1 saturated heterocycles. The largest absolute Gasteiger partial charge is 0.338 e. The smallest absolute Gasteiger partial charge is 0.321 e. The molecule has 1 aromatic rings. The van der Waals surface area contributed by atoms with Gasteiger partial charge in [-0.15, -0.1) is 0 Å². The number of amides is 3. The highest BCUT2D eigenvalue weighted by atomic mass is 16.2. The van der Waals surface area contributed by atoms with Gasteiger partial charge in [-0.2, -0.15) is 0 Å². The first kappa shape index (κ1) is 16.4. The van der Waals surface area contributed by atoms with Crippen molar-refractivity contribution in [3.63, 3.8) is 0 Å². The zero-order chi connectivity index (χ0) is 15.9. The van der Waals surface area contributed by atoms with E-state index in [1.807, 2.05) is 32.2 Å². The van der Waals surface area contributed by atoms with Crippen molar-refractivity contribution in [3.8, 4) is 0 Å². The molecular weight excluding hydrogens is 282 g/mol. The van der Waals surface area contributed by atoms with Crippen LogP contribution < -0.4 is 16.0 Å². The average Bonchev–Trinajstić information content (AvgIpc) is 2.55. The Kier molecular flexibility index (Phi) is 5.85. The summed E-state index contributed by atoms with van der Waals surface area (Å²) >= 11 is 0. The average molecular weight is 305 g/mol. The molecule has 7 heteroatoms. The Labute approximate surface area is 130 Å². The van der Waals surface area contributed by atoms with E-state index in [0.717, 1.165) is 25.2 Å². The molecule has 7 nitrogen and oxygen atoms in total. The van der Waals surface area contributed by atoms with Crippen LogP contribution in [0.2, 0.25) is 0 Å². The summed E-state index contributed by atoms with van der Waals surface area (Å²) in [6.07, 6.45) is 3.55. The summed E-state index contributed by atoms with van der Waals surface area (Å²) < 4.78 is 0. The molecular formula is C15H23N5O2. The third-order valence-corrected chi connectivity index (χ3v) is 3.80. The van der Waals surface area contributed by atoms with Crippen molar-refractivity contribution < 1.29 is 9.59 Å². The maximum atomic E-state index is 12.3. The van der Waals surface area contributed by atoms with E-state index in [1.54, 1.807) is 6.20 Å². The minimum absolute atomic E-state index is 0.0671. The summed E-state index contributed by atoms with van der Waals surface area (Å²) in [7, 11) is 0. The Bertz CT molecular complexity index is 508. The number of rotatable bonds is 4. The van der Waals surface area contributed by atoms with Crippen molar-refractivity contribution >= 4 is 11.9 Å². The second-order valence-electron chi connectivity index (χ2n) is 5.27. The molecule has 0 aromatic carbocycles. The fourth-order valence-corrected chi connectivity index (χ4v) is 2.64. The number of carbonyl (C=O) groups excluding carboxylic acids is 2. The van der Waals surface area contributed by atoms with Gasteiger partial charge in [-0.25, -0.2) is 4.79 Å². The SMILES string of the molecule is CCNC(=O)NC(=O)C(C)N1CCNCC1c1cccnc1. The van der Waals surface area contributed by atoms with Gasteiger partial charge in [-0.1, -0.05) is 6.07 Å². The van der Waals surface area contributed by atoms with E-state index in [4.69, 9.17) is 0 Å². The molecule has 3 amide bonds. The van der Waals surface area contributed by atoms with E-state index in [2.05, 4.69) is 25.8 Å². The second-order valence-corrected chi connectivity index (χ2v) is 5.27. The van der Waals surface area contributed by atoms with Crippen LogP contribution in [0.15, 0.2) is 24.5 Å². The number of imide groups is 1. The predicted molar refractivity (Wildman–Crippen MR) is 83.2 cm³/mol. The normalized spacial score (nSPS) is 20.2. The van der Waals surface area contributed by atoms with Crippen LogP contribution in [0.25, 0.3) is 0 Å². The lowest BCUT2D eigenvalue weighted by molar-refractivity contribution is -0.126. The van der Waals surface area contributed by atoms with E-state index >= 15 is 0 Å². The van der Waals surface area contributed by atoms with Gasteiger partial charge in [-0.05, 0) is 25.5 Å². The molecule has 1 aromatic heterocycles. The molecule has 0 bridgehead atoms. The van der Waals surface area contributed by atoms with Gasteiger partial charge in [0.1, 0.15) is 0 Å². The van der Waals surface area contributed by atoms with Gasteiger partial charge in [-0.3, -0.25) is 20.0 Å². The Morgan fingerprint density at radius 2 is 2.36 bits per heavy atom. The number of urea groups is 1. The molecule has 0 spiro atoms. The number of nitrogens with zero attached hydrogens (tertiary/aromatic N) is 2. The van der Waals surface area contributed by atoms with Gasteiger partial charge in [0.25, 0.3) is 0 Å². The Hall–Kier alpha value is -1.99. The fraction of sp³-hybridized carbons (Fsp3) is 0.533. The number of pyridine rings is 1. The maximum absolute atomic E-state index is 12.3. The number of hydrogen-bond acceptors (Lipinski definition) is 5. The number of hydrogen-bond donors (Lipinski definition) is 3. The van der Waals surface area contributed by atoms with E-state index in [-0.39, 0.29) is 11.9 Å². The molecule has 0 radical (unpaired) electrons. The number of carbonyl (C=O) groups is 2. The minimum atomic E-state index is -0.451. The van der Waals surface area contributed by atoms with Crippen LogP contribution in [0.5, 0.6) is 0 Å². The van der Waals surface area contributed by atoms with Gasteiger partial charge in [0.05, 0.1) is 6.04 Å². The summed E-state index contributed by atoms with van der Waals surface area (Å²) in [5.41, 5.74) is 1.06. The standard InChI is InChI=1S/C15H23N5O2/c1-3-18-15(22)19-14(21)11(2)20-8-7-17-10-13(20)12-5-4-6-16-9-12/h4-6,9,11,13,17H,3,7-8,10H2,1-2H3,(H2,18,19,21,22). The second kappa shape index (κ2) is 7.86. The summed E-state index contributed by atoms with van der Waals surface area (Å²) in [5, 5.41) is 8.29. The molecule has 0 aliphatic carbocycles. The number of aromatic nitrogens is 1. The third-order valence-electron chi connectivity index (χ3n) is 3.80. The van der Waals surface area contributed by atoms with Crippen LogP contribution >= 0.6 is 0 Å². The molecule has 3 N–H and O–H groups in total. The first-order valence-electron chi connectivity index (χ1n) is 7.58. The van der Waals surface area contributed by atoms with Crippen molar-refractivity contribution in [2.45, 2.75) is 25.9 Å². The van der Waals surface area contributed by atoms with Crippen LogP contribution in [-0.2, 0) is 4.79 Å². The van der Waals surface area contributed by atoms with Crippen molar-refractivity contribution in [2.75, 3.05) is 26.2 Å². The molecule has 0 saturated carbocycles. The molecule has 1 aliphatic rings. The van der Waals surface area contributed by atoms with Gasteiger partial charge >= 0.3 is 6.03 Å². The van der Waals surface area contributed by atoms with Crippen molar-refractivity contribution in [3.05, 3.63) is 30.1 Å². The zero-order valence-corrected chi connectivity index (χ0v) is 13.0. The summed E-state index contributed by atoms with van der Waals surface area (Å²) in [4.78, 5) is 30.0. The Morgan fingerprint density at radius 1 is 1.55 bits per heavy atom. The maximum Gasteiger partial charge on any atom is 0.321 e. The minimum Gasteiger partial charge on any atom is -0.338 e. The monoisotopic (exact) mass is 305 g/mol. The highest BCUT2D eigenvalue weighted by Crippen LogP contribution is 2.23. The Morgan fingerprint density at radius 3 is 3.05 bits per heavy atom. The third kappa shape index (κ3) is 4.02. The number of nitrogens with one attached hydrogen (secondary N) is 3. The molecule has 22 heavy (non-hydrogen) atoms. The molecule has 120 valence electrons. The van der Waals surface area contributed by atoms with Crippen LogP contribution in [0.1, 0.15) is 25.5 Å². The molecule has 2 rings (SSSR count). The van der Waals surface area contributed by atoms with Crippen LogP contribution in [0, 0.1) is 0 Å². The van der Waals surface area contributed by atoms with Crippen LogP contribution in [0.4, 0.5) is 4.79 Å². The first-order valence-corrected chi connectivity index (χ1v) is 7.58.